The Morgan fingerprint density at radius 3 is 2.09 bits per heavy atom. The third-order valence-corrected chi connectivity index (χ3v) is 9.25. The van der Waals surface area contributed by atoms with Crippen molar-refractivity contribution in [3.05, 3.63) is 115 Å². The predicted octanol–water partition coefficient (Wildman–Crippen LogP) is 10.5. The van der Waals surface area contributed by atoms with E-state index in [1.54, 1.807) is 0 Å². The number of oxazole rings is 1. The molecule has 0 N–H and O–H groups in total. The SMILES string of the molecule is Cc1ccc2c(oc3c4ccccc4ccc23)c1-c1oc2c3c(ccc2[n+]1C)oc1cc2ccc4ccccc4c2cc13. The topological polar surface area (TPSA) is 43.3 Å². The van der Waals surface area contributed by atoms with Crippen LogP contribution in [-0.2, 0) is 7.05 Å². The van der Waals surface area contributed by atoms with Crippen LogP contribution in [0.5, 0.6) is 0 Å². The van der Waals surface area contributed by atoms with Crippen molar-refractivity contribution >= 4 is 87.3 Å². The maximum atomic E-state index is 6.88. The molecule has 0 bridgehead atoms. The zero-order valence-corrected chi connectivity index (χ0v) is 23.6. The Hall–Kier alpha value is -5.61. The Bertz CT molecular complexity index is 2810. The fourth-order valence-corrected chi connectivity index (χ4v) is 7.12. The quantitative estimate of drug-likeness (QED) is 0.150. The largest absolute Gasteiger partial charge is 0.456 e. The first kappa shape index (κ1) is 23.0. The molecule has 0 unspecified atom stereocenters. The van der Waals surface area contributed by atoms with Gasteiger partial charge in [-0.3, -0.25) is 0 Å². The molecule has 0 fully saturated rings. The van der Waals surface area contributed by atoms with Gasteiger partial charge in [0.1, 0.15) is 29.4 Å². The highest BCUT2D eigenvalue weighted by molar-refractivity contribution is 6.21. The first-order valence-corrected chi connectivity index (χ1v) is 14.6. The molecule has 7 aromatic carbocycles. The molecule has 0 spiro atoms. The van der Waals surface area contributed by atoms with Gasteiger partial charge in [0, 0.05) is 27.6 Å². The van der Waals surface area contributed by atoms with Gasteiger partial charge in [-0.25, -0.2) is 0 Å². The molecule has 4 nitrogen and oxygen atoms in total. The van der Waals surface area contributed by atoms with Crippen LogP contribution in [0.15, 0.2) is 122 Å². The molecule has 0 saturated heterocycles. The van der Waals surface area contributed by atoms with E-state index in [0.29, 0.717) is 0 Å². The van der Waals surface area contributed by atoms with E-state index in [1.165, 1.54) is 16.2 Å². The van der Waals surface area contributed by atoms with E-state index in [9.17, 15) is 0 Å². The molecule has 10 rings (SSSR count). The smallest absolute Gasteiger partial charge is 0.385 e. The molecule has 10 aromatic rings. The van der Waals surface area contributed by atoms with Gasteiger partial charge < -0.3 is 13.3 Å². The predicted molar refractivity (Wildman–Crippen MR) is 175 cm³/mol. The maximum Gasteiger partial charge on any atom is 0.385 e. The maximum absolute atomic E-state index is 6.88. The van der Waals surface area contributed by atoms with E-state index >= 15 is 0 Å². The highest BCUT2D eigenvalue weighted by Gasteiger charge is 2.30. The molecular weight excluding hydrogens is 530 g/mol. The summed E-state index contributed by atoms with van der Waals surface area (Å²) in [6, 6.07) is 38.5. The Labute approximate surface area is 244 Å². The number of aromatic nitrogens is 1. The van der Waals surface area contributed by atoms with Crippen molar-refractivity contribution in [2.45, 2.75) is 6.92 Å². The number of nitrogens with zero attached hydrogens (tertiary/aromatic N) is 1. The molecule has 0 aliphatic rings. The summed E-state index contributed by atoms with van der Waals surface area (Å²) in [5.41, 5.74) is 7.28. The first-order valence-electron chi connectivity index (χ1n) is 14.6. The molecule has 0 amide bonds. The summed E-state index contributed by atoms with van der Waals surface area (Å²) in [6.07, 6.45) is 0. The summed E-state index contributed by atoms with van der Waals surface area (Å²) < 4.78 is 22.2. The van der Waals surface area contributed by atoms with Crippen LogP contribution in [0.1, 0.15) is 5.56 Å². The lowest BCUT2D eigenvalue weighted by molar-refractivity contribution is -0.637. The second-order valence-corrected chi connectivity index (χ2v) is 11.6. The number of hydrogen-bond acceptors (Lipinski definition) is 3. The summed E-state index contributed by atoms with van der Waals surface area (Å²) in [4.78, 5) is 0. The van der Waals surface area contributed by atoms with Gasteiger partial charge in [-0.05, 0) is 63.7 Å². The summed E-state index contributed by atoms with van der Waals surface area (Å²) >= 11 is 0. The minimum atomic E-state index is 0.759. The molecule has 4 heteroatoms. The molecule has 0 aliphatic carbocycles. The molecule has 43 heavy (non-hydrogen) atoms. The van der Waals surface area contributed by atoms with E-state index < -0.39 is 0 Å². The van der Waals surface area contributed by atoms with E-state index in [0.717, 1.165) is 88.2 Å². The number of aryl methyl sites for hydroxylation is 2. The zero-order valence-electron chi connectivity index (χ0n) is 23.6. The van der Waals surface area contributed by atoms with Crippen LogP contribution in [0.25, 0.3) is 98.7 Å². The van der Waals surface area contributed by atoms with Gasteiger partial charge >= 0.3 is 5.89 Å². The van der Waals surface area contributed by atoms with Gasteiger partial charge in [0.15, 0.2) is 5.58 Å². The summed E-state index contributed by atoms with van der Waals surface area (Å²) in [6.45, 7) is 2.12. The highest BCUT2D eigenvalue weighted by Crippen LogP contribution is 2.43. The molecule has 3 aromatic heterocycles. The van der Waals surface area contributed by atoms with Gasteiger partial charge in [-0.1, -0.05) is 78.9 Å². The molecule has 0 atom stereocenters. The van der Waals surface area contributed by atoms with Crippen molar-refractivity contribution in [1.82, 2.24) is 0 Å². The van der Waals surface area contributed by atoms with E-state index in [2.05, 4.69) is 128 Å². The Balaban J connectivity index is 1.30. The monoisotopic (exact) mass is 554 g/mol. The Kier molecular flexibility index (Phi) is 4.29. The lowest BCUT2D eigenvalue weighted by atomic mass is 10.00. The third-order valence-electron chi connectivity index (χ3n) is 9.25. The Morgan fingerprint density at radius 2 is 1.21 bits per heavy atom. The van der Waals surface area contributed by atoms with Crippen molar-refractivity contribution in [3.63, 3.8) is 0 Å². The summed E-state index contributed by atoms with van der Waals surface area (Å²) in [5, 5.41) is 11.3. The van der Waals surface area contributed by atoms with Crippen LogP contribution in [0, 0.1) is 6.92 Å². The van der Waals surface area contributed by atoms with Gasteiger partial charge in [-0.2, -0.15) is 4.57 Å². The first-order chi connectivity index (χ1) is 21.1. The zero-order chi connectivity index (χ0) is 28.4. The molecule has 202 valence electrons. The molecular formula is C39H24NO3+. The fourth-order valence-electron chi connectivity index (χ4n) is 7.12. The molecule has 0 aliphatic heterocycles. The average Bonchev–Trinajstić information content (AvgIpc) is 3.70. The van der Waals surface area contributed by atoms with Gasteiger partial charge in [0.2, 0.25) is 5.58 Å². The number of benzene rings is 7. The summed E-state index contributed by atoms with van der Waals surface area (Å²) in [7, 11) is 2.06. The van der Waals surface area contributed by atoms with Crippen LogP contribution >= 0.6 is 0 Å². The lowest BCUT2D eigenvalue weighted by Gasteiger charge is -2.03. The molecule has 0 saturated carbocycles. The van der Waals surface area contributed by atoms with Gasteiger partial charge in [-0.15, -0.1) is 0 Å². The fraction of sp³-hybridized carbons (Fsp3) is 0.0513. The minimum Gasteiger partial charge on any atom is -0.456 e. The second-order valence-electron chi connectivity index (χ2n) is 11.6. The molecule has 0 radical (unpaired) electrons. The number of furan rings is 2. The van der Waals surface area contributed by atoms with Crippen LogP contribution in [0.3, 0.4) is 0 Å². The van der Waals surface area contributed by atoms with E-state index in [-0.39, 0.29) is 0 Å². The lowest BCUT2D eigenvalue weighted by Crippen LogP contribution is -2.28. The second kappa shape index (κ2) is 8.02. The van der Waals surface area contributed by atoms with Crippen LogP contribution in [0.2, 0.25) is 0 Å². The highest BCUT2D eigenvalue weighted by atomic mass is 16.4. The van der Waals surface area contributed by atoms with Crippen molar-refractivity contribution in [3.8, 4) is 11.5 Å². The van der Waals surface area contributed by atoms with Crippen molar-refractivity contribution in [2.75, 3.05) is 0 Å². The van der Waals surface area contributed by atoms with E-state index in [1.807, 2.05) is 0 Å². The molecule has 3 heterocycles. The van der Waals surface area contributed by atoms with Crippen molar-refractivity contribution in [2.24, 2.45) is 7.05 Å². The van der Waals surface area contributed by atoms with Gasteiger partial charge in [0.25, 0.3) is 5.52 Å². The van der Waals surface area contributed by atoms with Crippen molar-refractivity contribution in [1.29, 1.82) is 0 Å². The standard InChI is InChI=1S/C39H24NO3/c1-21-11-15-28-27-16-14-23-8-4-6-10-26(23)36(27)42-37(28)34(21)39-40(2)31-17-18-32-35(38(31)43-39)30-20-29-24(19-33(30)41-32)13-12-22-7-3-5-9-25(22)29/h3-20H,1-2H3/q+1. The Morgan fingerprint density at radius 1 is 0.488 bits per heavy atom. The normalized spacial score (nSPS) is 12.4. The van der Waals surface area contributed by atoms with Crippen LogP contribution < -0.4 is 4.57 Å². The van der Waals surface area contributed by atoms with Crippen molar-refractivity contribution < 1.29 is 17.8 Å². The van der Waals surface area contributed by atoms with Crippen LogP contribution in [-0.4, -0.2) is 0 Å². The minimum absolute atomic E-state index is 0.759. The number of fused-ring (bicyclic) bond motifs is 13. The van der Waals surface area contributed by atoms with Gasteiger partial charge in [0.05, 0.1) is 5.39 Å². The van der Waals surface area contributed by atoms with E-state index in [4.69, 9.17) is 13.3 Å². The number of hydrogen-bond donors (Lipinski definition) is 0. The van der Waals surface area contributed by atoms with Crippen LogP contribution in [0.4, 0.5) is 0 Å². The number of rotatable bonds is 1. The summed E-state index contributed by atoms with van der Waals surface area (Å²) in [5.74, 6) is 0.759. The third kappa shape index (κ3) is 2.97. The average molecular weight is 555 g/mol.